The van der Waals surface area contributed by atoms with E-state index in [2.05, 4.69) is 4.90 Å². The summed E-state index contributed by atoms with van der Waals surface area (Å²) >= 11 is 0. The van der Waals surface area contributed by atoms with Gasteiger partial charge in [0, 0.05) is 19.7 Å². The third-order valence-electron chi connectivity index (χ3n) is 4.08. The SMILES string of the molecule is O=C(NCC(F)(F)F)[C@@H]1CCCN(C[C@H]2CCCCO2)C1. The molecule has 4 nitrogen and oxygen atoms in total. The zero-order chi connectivity index (χ0) is 15.3. The van der Waals surface area contributed by atoms with Crippen molar-refractivity contribution >= 4 is 5.91 Å². The number of piperidine rings is 1. The van der Waals surface area contributed by atoms with Crippen LogP contribution in [-0.4, -0.2) is 55.9 Å². The summed E-state index contributed by atoms with van der Waals surface area (Å²) in [6, 6.07) is 0. The number of rotatable bonds is 4. The molecule has 0 saturated carbocycles. The smallest absolute Gasteiger partial charge is 0.377 e. The van der Waals surface area contributed by atoms with E-state index >= 15 is 0 Å². The zero-order valence-electron chi connectivity index (χ0n) is 12.1. The average molecular weight is 308 g/mol. The Hall–Kier alpha value is -0.820. The Kier molecular flexibility index (Phi) is 5.87. The van der Waals surface area contributed by atoms with Crippen molar-refractivity contribution in [2.45, 2.75) is 44.4 Å². The summed E-state index contributed by atoms with van der Waals surface area (Å²) in [4.78, 5) is 14.0. The van der Waals surface area contributed by atoms with Crippen LogP contribution < -0.4 is 5.32 Å². The Morgan fingerprint density at radius 3 is 2.71 bits per heavy atom. The van der Waals surface area contributed by atoms with Crippen LogP contribution in [0.15, 0.2) is 0 Å². The summed E-state index contributed by atoms with van der Waals surface area (Å²) in [5.41, 5.74) is 0. The molecule has 0 unspecified atom stereocenters. The standard InChI is InChI=1S/C14H23F3N2O2/c15-14(16,17)10-18-13(20)11-4-3-6-19(8-11)9-12-5-1-2-7-21-12/h11-12H,1-10H2,(H,18,20)/t11-,12-/m1/s1. The molecule has 122 valence electrons. The molecule has 0 aromatic heterocycles. The summed E-state index contributed by atoms with van der Waals surface area (Å²) in [7, 11) is 0. The van der Waals surface area contributed by atoms with Crippen LogP contribution in [0.3, 0.4) is 0 Å². The van der Waals surface area contributed by atoms with Crippen LogP contribution in [0.25, 0.3) is 0 Å². The molecular formula is C14H23F3N2O2. The molecular weight excluding hydrogens is 285 g/mol. The third kappa shape index (κ3) is 5.82. The van der Waals surface area contributed by atoms with Gasteiger partial charge in [0.05, 0.1) is 12.0 Å². The number of nitrogens with one attached hydrogen (secondary N) is 1. The van der Waals surface area contributed by atoms with E-state index in [0.29, 0.717) is 13.0 Å². The molecule has 2 fully saturated rings. The molecule has 0 aromatic rings. The number of likely N-dealkylation sites (tertiary alicyclic amines) is 1. The van der Waals surface area contributed by atoms with E-state index in [1.807, 2.05) is 5.32 Å². The number of nitrogens with zero attached hydrogens (tertiary/aromatic N) is 1. The fourth-order valence-corrected chi connectivity index (χ4v) is 3.01. The lowest BCUT2D eigenvalue weighted by molar-refractivity contribution is -0.142. The van der Waals surface area contributed by atoms with Gasteiger partial charge in [0.1, 0.15) is 6.54 Å². The molecule has 2 saturated heterocycles. The summed E-state index contributed by atoms with van der Waals surface area (Å²) in [5.74, 6) is -0.828. The van der Waals surface area contributed by atoms with E-state index in [9.17, 15) is 18.0 Å². The molecule has 1 N–H and O–H groups in total. The van der Waals surface area contributed by atoms with Crippen LogP contribution in [0.4, 0.5) is 13.2 Å². The molecule has 2 atom stereocenters. The minimum absolute atomic E-state index is 0.204. The van der Waals surface area contributed by atoms with Gasteiger partial charge in [-0.15, -0.1) is 0 Å². The van der Waals surface area contributed by atoms with Crippen LogP contribution in [0.2, 0.25) is 0 Å². The molecule has 0 spiro atoms. The van der Waals surface area contributed by atoms with Crippen LogP contribution in [0, 0.1) is 5.92 Å². The Balaban J connectivity index is 1.75. The highest BCUT2D eigenvalue weighted by atomic mass is 19.4. The highest BCUT2D eigenvalue weighted by Gasteiger charge is 2.32. The molecule has 0 radical (unpaired) electrons. The first-order chi connectivity index (χ1) is 9.94. The molecule has 2 heterocycles. The maximum Gasteiger partial charge on any atom is 0.405 e. The van der Waals surface area contributed by atoms with Crippen molar-refractivity contribution in [3.8, 4) is 0 Å². The number of carbonyl (C=O) groups excluding carboxylic acids is 1. The number of carbonyl (C=O) groups is 1. The largest absolute Gasteiger partial charge is 0.405 e. The number of hydrogen-bond donors (Lipinski definition) is 1. The zero-order valence-corrected chi connectivity index (χ0v) is 12.1. The van der Waals surface area contributed by atoms with Crippen LogP contribution >= 0.6 is 0 Å². The van der Waals surface area contributed by atoms with E-state index < -0.39 is 18.6 Å². The fraction of sp³-hybridized carbons (Fsp3) is 0.929. The van der Waals surface area contributed by atoms with Gasteiger partial charge in [-0.2, -0.15) is 13.2 Å². The van der Waals surface area contributed by atoms with Gasteiger partial charge in [0.2, 0.25) is 5.91 Å². The topological polar surface area (TPSA) is 41.6 Å². The molecule has 2 rings (SSSR count). The molecule has 2 aliphatic heterocycles. The molecule has 21 heavy (non-hydrogen) atoms. The number of halogens is 3. The lowest BCUT2D eigenvalue weighted by atomic mass is 9.96. The summed E-state index contributed by atoms with van der Waals surface area (Å²) in [6.07, 6.45) is 0.646. The first-order valence-corrected chi connectivity index (χ1v) is 7.62. The summed E-state index contributed by atoms with van der Waals surface area (Å²) in [5, 5.41) is 1.99. The lowest BCUT2D eigenvalue weighted by Gasteiger charge is -2.35. The minimum atomic E-state index is -4.35. The van der Waals surface area contributed by atoms with Crippen LogP contribution in [-0.2, 0) is 9.53 Å². The van der Waals surface area contributed by atoms with E-state index in [4.69, 9.17) is 4.74 Å². The van der Waals surface area contributed by atoms with E-state index in [-0.39, 0.29) is 12.0 Å². The quantitative estimate of drug-likeness (QED) is 0.863. The van der Waals surface area contributed by atoms with E-state index in [0.717, 1.165) is 45.4 Å². The maximum absolute atomic E-state index is 12.1. The second kappa shape index (κ2) is 7.45. The van der Waals surface area contributed by atoms with Crippen molar-refractivity contribution in [3.05, 3.63) is 0 Å². The lowest BCUT2D eigenvalue weighted by Crippen LogP contribution is -2.47. The van der Waals surface area contributed by atoms with Gasteiger partial charge in [0.25, 0.3) is 0 Å². The Labute approximate surface area is 123 Å². The van der Waals surface area contributed by atoms with Gasteiger partial charge in [-0.05, 0) is 38.6 Å². The molecule has 2 aliphatic rings. The van der Waals surface area contributed by atoms with Gasteiger partial charge < -0.3 is 10.1 Å². The molecule has 1 amide bonds. The van der Waals surface area contributed by atoms with Crippen molar-refractivity contribution in [2.75, 3.05) is 32.8 Å². The van der Waals surface area contributed by atoms with Crippen molar-refractivity contribution in [1.82, 2.24) is 10.2 Å². The van der Waals surface area contributed by atoms with Gasteiger partial charge in [-0.1, -0.05) is 0 Å². The number of ether oxygens (including phenoxy) is 1. The third-order valence-corrected chi connectivity index (χ3v) is 4.08. The Bertz CT molecular complexity index is 344. The first kappa shape index (κ1) is 16.5. The second-order valence-electron chi connectivity index (χ2n) is 5.92. The van der Waals surface area contributed by atoms with Gasteiger partial charge in [-0.25, -0.2) is 0 Å². The predicted octanol–water partition coefficient (Wildman–Crippen LogP) is 1.95. The second-order valence-corrected chi connectivity index (χ2v) is 5.92. The fourth-order valence-electron chi connectivity index (χ4n) is 3.01. The maximum atomic E-state index is 12.1. The molecule has 7 heteroatoms. The van der Waals surface area contributed by atoms with Crippen molar-refractivity contribution in [2.24, 2.45) is 5.92 Å². The van der Waals surface area contributed by atoms with Crippen LogP contribution in [0.5, 0.6) is 0 Å². The van der Waals surface area contributed by atoms with Crippen molar-refractivity contribution in [3.63, 3.8) is 0 Å². The Morgan fingerprint density at radius 1 is 1.24 bits per heavy atom. The molecule has 0 aromatic carbocycles. The van der Waals surface area contributed by atoms with E-state index in [1.165, 1.54) is 0 Å². The normalized spacial score (nSPS) is 28.3. The highest BCUT2D eigenvalue weighted by Crippen LogP contribution is 2.20. The summed E-state index contributed by atoms with van der Waals surface area (Å²) < 4.78 is 42.1. The van der Waals surface area contributed by atoms with E-state index in [1.54, 1.807) is 0 Å². The van der Waals surface area contributed by atoms with Gasteiger partial charge in [-0.3, -0.25) is 9.69 Å². The number of alkyl halides is 3. The van der Waals surface area contributed by atoms with Crippen molar-refractivity contribution < 1.29 is 22.7 Å². The van der Waals surface area contributed by atoms with Gasteiger partial charge in [0.15, 0.2) is 0 Å². The number of hydrogen-bond acceptors (Lipinski definition) is 3. The highest BCUT2D eigenvalue weighted by molar-refractivity contribution is 5.79. The first-order valence-electron chi connectivity index (χ1n) is 7.62. The predicted molar refractivity (Wildman–Crippen MR) is 71.8 cm³/mol. The van der Waals surface area contributed by atoms with Crippen LogP contribution in [0.1, 0.15) is 32.1 Å². The summed E-state index contributed by atoms with van der Waals surface area (Å²) in [6.45, 7) is 1.75. The Morgan fingerprint density at radius 2 is 2.05 bits per heavy atom. The molecule has 0 bridgehead atoms. The average Bonchev–Trinajstić information content (AvgIpc) is 2.45. The van der Waals surface area contributed by atoms with Gasteiger partial charge >= 0.3 is 6.18 Å². The minimum Gasteiger partial charge on any atom is -0.377 e. The van der Waals surface area contributed by atoms with Crippen molar-refractivity contribution in [1.29, 1.82) is 0 Å². The molecule has 0 aliphatic carbocycles. The monoisotopic (exact) mass is 308 g/mol. The number of amides is 1.